The van der Waals surface area contributed by atoms with Crippen molar-refractivity contribution in [3.63, 3.8) is 0 Å². The lowest BCUT2D eigenvalue weighted by Crippen LogP contribution is -2.29. The predicted octanol–water partition coefficient (Wildman–Crippen LogP) is 2.68. The van der Waals surface area contributed by atoms with Crippen LogP contribution in [-0.4, -0.2) is 9.78 Å². The van der Waals surface area contributed by atoms with E-state index in [0.29, 0.717) is 0 Å². The van der Waals surface area contributed by atoms with E-state index in [-0.39, 0.29) is 6.04 Å². The molecule has 20 heavy (non-hydrogen) atoms. The number of hydrogen-bond acceptors (Lipinski definition) is 4. The number of para-hydroxylation sites is 1. The van der Waals surface area contributed by atoms with E-state index >= 15 is 0 Å². The summed E-state index contributed by atoms with van der Waals surface area (Å²) in [5.41, 5.74) is 4.85. The first-order chi connectivity index (χ1) is 9.86. The summed E-state index contributed by atoms with van der Waals surface area (Å²) in [5, 5.41) is 6.69. The zero-order chi connectivity index (χ0) is 13.8. The summed E-state index contributed by atoms with van der Waals surface area (Å²) >= 11 is 1.73. The van der Waals surface area contributed by atoms with E-state index in [0.717, 1.165) is 17.8 Å². The molecule has 2 heterocycles. The van der Waals surface area contributed by atoms with Crippen LogP contribution in [0.1, 0.15) is 16.6 Å². The molecular weight excluding hydrogens is 268 g/mol. The minimum atomic E-state index is 0.0265. The Morgan fingerprint density at radius 2 is 2.00 bits per heavy atom. The fourth-order valence-corrected chi connectivity index (χ4v) is 2.88. The number of aromatic nitrogens is 2. The molecule has 1 aromatic carbocycles. The van der Waals surface area contributed by atoms with Crippen LogP contribution in [0.4, 0.5) is 0 Å². The largest absolute Gasteiger partial charge is 0.271 e. The van der Waals surface area contributed by atoms with Crippen molar-refractivity contribution in [3.8, 4) is 5.69 Å². The second-order valence-corrected chi connectivity index (χ2v) is 5.56. The minimum absolute atomic E-state index is 0.0265. The molecule has 0 saturated heterocycles. The Balaban J connectivity index is 1.81. The van der Waals surface area contributed by atoms with Gasteiger partial charge in [0.15, 0.2) is 0 Å². The predicted molar refractivity (Wildman–Crippen MR) is 81.7 cm³/mol. The first-order valence-corrected chi connectivity index (χ1v) is 7.34. The van der Waals surface area contributed by atoms with E-state index in [1.165, 1.54) is 4.88 Å². The summed E-state index contributed by atoms with van der Waals surface area (Å²) in [5.74, 6) is 5.67. The van der Waals surface area contributed by atoms with Crippen LogP contribution in [0.5, 0.6) is 0 Å². The highest BCUT2D eigenvalue weighted by Gasteiger charge is 2.14. The van der Waals surface area contributed by atoms with Crippen LogP contribution in [0.3, 0.4) is 0 Å². The standard InChI is InChI=1S/C15H16N4S/c16-17-15(11-13-7-4-10-20-13)14-8-9-19(18-14)12-5-2-1-3-6-12/h1-10,15,17H,11,16H2. The van der Waals surface area contributed by atoms with Gasteiger partial charge >= 0.3 is 0 Å². The molecule has 0 fully saturated rings. The maximum Gasteiger partial charge on any atom is 0.0815 e. The van der Waals surface area contributed by atoms with Crippen molar-refractivity contribution in [1.29, 1.82) is 0 Å². The molecule has 4 nitrogen and oxygen atoms in total. The number of rotatable bonds is 5. The van der Waals surface area contributed by atoms with Gasteiger partial charge < -0.3 is 0 Å². The molecule has 0 aliphatic heterocycles. The summed E-state index contributed by atoms with van der Waals surface area (Å²) in [6.45, 7) is 0. The number of benzene rings is 1. The number of nitrogens with two attached hydrogens (primary N) is 1. The SMILES string of the molecule is NNC(Cc1cccs1)c1ccn(-c2ccccc2)n1. The van der Waals surface area contributed by atoms with Crippen molar-refractivity contribution in [3.05, 3.63) is 70.7 Å². The number of hydrogen-bond donors (Lipinski definition) is 2. The highest BCUT2D eigenvalue weighted by molar-refractivity contribution is 7.09. The Morgan fingerprint density at radius 3 is 2.70 bits per heavy atom. The first kappa shape index (κ1) is 13.1. The molecule has 0 aliphatic carbocycles. The van der Waals surface area contributed by atoms with Gasteiger partial charge in [-0.1, -0.05) is 24.3 Å². The second kappa shape index (κ2) is 6.00. The smallest absolute Gasteiger partial charge is 0.0815 e. The summed E-state index contributed by atoms with van der Waals surface area (Å²) < 4.78 is 1.87. The van der Waals surface area contributed by atoms with Crippen LogP contribution in [0, 0.1) is 0 Å². The first-order valence-electron chi connectivity index (χ1n) is 6.46. The van der Waals surface area contributed by atoms with Gasteiger partial charge in [-0.3, -0.25) is 11.3 Å². The highest BCUT2D eigenvalue weighted by atomic mass is 32.1. The van der Waals surface area contributed by atoms with Gasteiger partial charge in [-0.25, -0.2) is 4.68 Å². The topological polar surface area (TPSA) is 55.9 Å². The van der Waals surface area contributed by atoms with Crippen LogP contribution in [0.15, 0.2) is 60.1 Å². The summed E-state index contributed by atoms with van der Waals surface area (Å²) in [6.07, 6.45) is 2.81. The Kier molecular flexibility index (Phi) is 3.92. The van der Waals surface area contributed by atoms with E-state index < -0.39 is 0 Å². The molecule has 0 bridgehead atoms. The van der Waals surface area contributed by atoms with Crippen LogP contribution in [-0.2, 0) is 6.42 Å². The van der Waals surface area contributed by atoms with Gasteiger partial charge in [0, 0.05) is 17.5 Å². The lowest BCUT2D eigenvalue weighted by atomic mass is 10.1. The fourth-order valence-electron chi connectivity index (χ4n) is 2.13. The van der Waals surface area contributed by atoms with Gasteiger partial charge in [0.05, 0.1) is 17.4 Å². The minimum Gasteiger partial charge on any atom is -0.271 e. The summed E-state index contributed by atoms with van der Waals surface area (Å²) in [6, 6.07) is 16.3. The Morgan fingerprint density at radius 1 is 1.15 bits per heavy atom. The van der Waals surface area contributed by atoms with Gasteiger partial charge in [0.1, 0.15) is 0 Å². The van der Waals surface area contributed by atoms with E-state index in [2.05, 4.69) is 28.0 Å². The zero-order valence-electron chi connectivity index (χ0n) is 10.9. The second-order valence-electron chi connectivity index (χ2n) is 4.52. The van der Waals surface area contributed by atoms with E-state index in [1.807, 2.05) is 47.3 Å². The molecule has 5 heteroatoms. The number of hydrazine groups is 1. The van der Waals surface area contributed by atoms with Gasteiger partial charge in [-0.2, -0.15) is 5.10 Å². The molecule has 3 N–H and O–H groups in total. The zero-order valence-corrected chi connectivity index (χ0v) is 11.8. The summed E-state index contributed by atoms with van der Waals surface area (Å²) in [4.78, 5) is 1.29. The third-order valence-corrected chi connectivity index (χ3v) is 4.07. The maximum absolute atomic E-state index is 5.67. The molecule has 3 rings (SSSR count). The number of nitrogens with one attached hydrogen (secondary N) is 1. The van der Waals surface area contributed by atoms with Gasteiger partial charge in [-0.15, -0.1) is 11.3 Å². The Bertz CT molecular complexity index is 646. The average molecular weight is 284 g/mol. The lowest BCUT2D eigenvalue weighted by Gasteiger charge is -2.12. The van der Waals surface area contributed by atoms with Crippen molar-refractivity contribution in [2.75, 3.05) is 0 Å². The Hall–Kier alpha value is -1.95. The van der Waals surface area contributed by atoms with Crippen LogP contribution >= 0.6 is 11.3 Å². The van der Waals surface area contributed by atoms with Crippen LogP contribution in [0.2, 0.25) is 0 Å². The maximum atomic E-state index is 5.67. The third kappa shape index (κ3) is 2.80. The fraction of sp³-hybridized carbons (Fsp3) is 0.133. The molecule has 1 atom stereocenters. The number of nitrogens with zero attached hydrogens (tertiary/aromatic N) is 2. The van der Waals surface area contributed by atoms with Gasteiger partial charge in [-0.05, 0) is 29.6 Å². The molecule has 0 amide bonds. The number of thiophene rings is 1. The van der Waals surface area contributed by atoms with Gasteiger partial charge in [0.2, 0.25) is 0 Å². The van der Waals surface area contributed by atoms with Crippen molar-refractivity contribution >= 4 is 11.3 Å². The molecule has 3 aromatic rings. The van der Waals surface area contributed by atoms with Crippen molar-refractivity contribution in [1.82, 2.24) is 15.2 Å². The molecule has 0 aliphatic rings. The quantitative estimate of drug-likeness (QED) is 0.559. The molecule has 2 aromatic heterocycles. The molecule has 102 valence electrons. The van der Waals surface area contributed by atoms with Crippen molar-refractivity contribution < 1.29 is 0 Å². The Labute approximate surface area is 121 Å². The molecule has 0 spiro atoms. The van der Waals surface area contributed by atoms with Crippen molar-refractivity contribution in [2.24, 2.45) is 5.84 Å². The lowest BCUT2D eigenvalue weighted by molar-refractivity contribution is 0.536. The highest BCUT2D eigenvalue weighted by Crippen LogP contribution is 2.20. The van der Waals surface area contributed by atoms with E-state index in [1.54, 1.807) is 11.3 Å². The molecular formula is C15H16N4S. The monoisotopic (exact) mass is 284 g/mol. The van der Waals surface area contributed by atoms with Crippen LogP contribution in [0.25, 0.3) is 5.69 Å². The third-order valence-electron chi connectivity index (χ3n) is 3.17. The van der Waals surface area contributed by atoms with E-state index in [9.17, 15) is 0 Å². The van der Waals surface area contributed by atoms with E-state index in [4.69, 9.17) is 5.84 Å². The molecule has 0 radical (unpaired) electrons. The normalized spacial score (nSPS) is 12.4. The van der Waals surface area contributed by atoms with Crippen LogP contribution < -0.4 is 11.3 Å². The molecule has 0 saturated carbocycles. The average Bonchev–Trinajstić information content (AvgIpc) is 3.17. The van der Waals surface area contributed by atoms with Gasteiger partial charge in [0.25, 0.3) is 0 Å². The van der Waals surface area contributed by atoms with Crippen molar-refractivity contribution in [2.45, 2.75) is 12.5 Å². The summed E-state index contributed by atoms with van der Waals surface area (Å²) in [7, 11) is 0. The molecule has 1 unspecified atom stereocenters.